The van der Waals surface area contributed by atoms with Gasteiger partial charge in [-0.2, -0.15) is 10.4 Å². The number of anilines is 1. The topological polar surface area (TPSA) is 108 Å². The average molecular weight is 227 g/mol. The summed E-state index contributed by atoms with van der Waals surface area (Å²) >= 11 is 0. The minimum absolute atomic E-state index is 0.187. The van der Waals surface area contributed by atoms with Crippen LogP contribution in [0.25, 0.3) is 0 Å². The van der Waals surface area contributed by atoms with Crippen molar-refractivity contribution in [3.05, 3.63) is 46.0 Å². The first kappa shape index (κ1) is 10.8. The van der Waals surface area contributed by atoms with Crippen LogP contribution in [0.3, 0.4) is 0 Å². The molecule has 84 valence electrons. The number of benzene rings is 1. The SMILES string of the molecule is N#Cc1c(N)n[nH]c1Cc1cccc(N=O)c1. The molecule has 0 atom stereocenters. The zero-order valence-corrected chi connectivity index (χ0v) is 8.84. The van der Waals surface area contributed by atoms with E-state index in [2.05, 4.69) is 15.4 Å². The Morgan fingerprint density at radius 3 is 3.06 bits per heavy atom. The number of hydrogen-bond acceptors (Lipinski definition) is 5. The van der Waals surface area contributed by atoms with Gasteiger partial charge in [0.2, 0.25) is 0 Å². The molecule has 0 aliphatic heterocycles. The lowest BCUT2D eigenvalue weighted by atomic mass is 10.1. The molecule has 2 aromatic rings. The maximum absolute atomic E-state index is 10.4. The van der Waals surface area contributed by atoms with Crippen LogP contribution in [0.1, 0.15) is 16.8 Å². The highest BCUT2D eigenvalue weighted by Crippen LogP contribution is 2.19. The second-order valence-electron chi connectivity index (χ2n) is 3.51. The molecule has 3 N–H and O–H groups in total. The second kappa shape index (κ2) is 4.45. The highest BCUT2D eigenvalue weighted by Gasteiger charge is 2.10. The second-order valence-corrected chi connectivity index (χ2v) is 3.51. The largest absolute Gasteiger partial charge is 0.381 e. The lowest BCUT2D eigenvalue weighted by Gasteiger charge is -1.99. The summed E-state index contributed by atoms with van der Waals surface area (Å²) in [5.41, 5.74) is 7.72. The smallest absolute Gasteiger partial charge is 0.163 e. The molecule has 1 aromatic carbocycles. The molecule has 0 unspecified atom stereocenters. The molecule has 0 saturated heterocycles. The number of nitrogens with zero attached hydrogens (tertiary/aromatic N) is 3. The summed E-state index contributed by atoms with van der Waals surface area (Å²) < 4.78 is 0. The predicted octanol–water partition coefficient (Wildman–Crippen LogP) is 1.85. The number of aromatic amines is 1. The van der Waals surface area contributed by atoms with Gasteiger partial charge in [-0.25, -0.2) is 0 Å². The molecular formula is C11H9N5O. The lowest BCUT2D eigenvalue weighted by molar-refractivity contribution is 0.997. The van der Waals surface area contributed by atoms with Gasteiger partial charge in [-0.15, -0.1) is 4.91 Å². The van der Waals surface area contributed by atoms with Gasteiger partial charge >= 0.3 is 0 Å². The molecule has 0 fully saturated rings. The first-order valence-corrected chi connectivity index (χ1v) is 4.89. The van der Waals surface area contributed by atoms with Gasteiger partial charge in [-0.05, 0) is 22.9 Å². The van der Waals surface area contributed by atoms with Crippen molar-refractivity contribution in [3.8, 4) is 6.07 Å². The molecule has 0 bridgehead atoms. The van der Waals surface area contributed by atoms with Crippen molar-refractivity contribution in [1.29, 1.82) is 5.26 Å². The molecule has 0 spiro atoms. The third-order valence-corrected chi connectivity index (χ3v) is 2.38. The van der Waals surface area contributed by atoms with E-state index in [1.165, 1.54) is 0 Å². The lowest BCUT2D eigenvalue weighted by Crippen LogP contribution is -1.92. The highest BCUT2D eigenvalue weighted by atomic mass is 16.3. The Hall–Kier alpha value is -2.68. The van der Waals surface area contributed by atoms with Crippen molar-refractivity contribution >= 4 is 11.5 Å². The van der Waals surface area contributed by atoms with Gasteiger partial charge in [0.25, 0.3) is 0 Å². The van der Waals surface area contributed by atoms with Crippen molar-refractivity contribution in [2.45, 2.75) is 6.42 Å². The molecule has 0 radical (unpaired) electrons. The van der Waals surface area contributed by atoms with Crippen LogP contribution < -0.4 is 5.73 Å². The summed E-state index contributed by atoms with van der Waals surface area (Å²) in [5, 5.41) is 18.2. The van der Waals surface area contributed by atoms with E-state index in [4.69, 9.17) is 11.0 Å². The van der Waals surface area contributed by atoms with E-state index < -0.39 is 0 Å². The molecule has 0 amide bonds. The fourth-order valence-electron chi connectivity index (χ4n) is 1.57. The number of aromatic nitrogens is 2. The number of nitriles is 1. The van der Waals surface area contributed by atoms with Gasteiger partial charge < -0.3 is 5.73 Å². The van der Waals surface area contributed by atoms with E-state index in [1.807, 2.05) is 12.1 Å². The quantitative estimate of drug-likeness (QED) is 0.780. The minimum Gasteiger partial charge on any atom is -0.381 e. The molecular weight excluding hydrogens is 218 g/mol. The van der Waals surface area contributed by atoms with E-state index in [1.54, 1.807) is 18.2 Å². The van der Waals surface area contributed by atoms with Gasteiger partial charge in [-0.1, -0.05) is 12.1 Å². The van der Waals surface area contributed by atoms with E-state index >= 15 is 0 Å². The molecule has 2 rings (SSSR count). The van der Waals surface area contributed by atoms with Crippen LogP contribution in [0, 0.1) is 16.2 Å². The van der Waals surface area contributed by atoms with Gasteiger partial charge in [0.1, 0.15) is 17.3 Å². The predicted molar refractivity (Wildman–Crippen MR) is 62.4 cm³/mol. The van der Waals surface area contributed by atoms with Gasteiger partial charge in [0.05, 0.1) is 5.69 Å². The molecule has 17 heavy (non-hydrogen) atoms. The van der Waals surface area contributed by atoms with Crippen LogP contribution >= 0.6 is 0 Å². The minimum atomic E-state index is 0.187. The third kappa shape index (κ3) is 2.13. The van der Waals surface area contributed by atoms with Gasteiger partial charge in [0, 0.05) is 6.42 Å². The fourth-order valence-corrected chi connectivity index (χ4v) is 1.57. The Labute approximate surface area is 97.0 Å². The summed E-state index contributed by atoms with van der Waals surface area (Å²) in [6, 6.07) is 8.83. The molecule has 0 aliphatic rings. The number of nitrogens with one attached hydrogen (secondary N) is 1. The number of nitrogen functional groups attached to an aromatic ring is 1. The summed E-state index contributed by atoms with van der Waals surface area (Å²) in [6.45, 7) is 0. The summed E-state index contributed by atoms with van der Waals surface area (Å²) in [4.78, 5) is 10.4. The normalized spacial score (nSPS) is 9.82. The first-order chi connectivity index (χ1) is 8.24. The number of rotatable bonds is 3. The van der Waals surface area contributed by atoms with Crippen LogP contribution in [-0.4, -0.2) is 10.2 Å². The van der Waals surface area contributed by atoms with Crippen LogP contribution in [0.4, 0.5) is 11.5 Å². The summed E-state index contributed by atoms with van der Waals surface area (Å²) in [5.74, 6) is 0.187. The van der Waals surface area contributed by atoms with Crippen LogP contribution in [0.15, 0.2) is 29.4 Å². The Morgan fingerprint density at radius 2 is 2.35 bits per heavy atom. The standard InChI is InChI=1S/C11H9N5O/c12-6-9-10(14-15-11(9)13)5-7-2-1-3-8(4-7)16-17/h1-4H,5H2,(H3,13,14,15). The maximum atomic E-state index is 10.4. The number of nitroso groups, excluding NO2 is 1. The van der Waals surface area contributed by atoms with E-state index in [0.29, 0.717) is 23.4 Å². The van der Waals surface area contributed by atoms with Gasteiger partial charge in [-0.3, -0.25) is 5.10 Å². The van der Waals surface area contributed by atoms with Crippen molar-refractivity contribution in [2.24, 2.45) is 5.18 Å². The van der Waals surface area contributed by atoms with Crippen LogP contribution in [0.5, 0.6) is 0 Å². The molecule has 1 heterocycles. The van der Waals surface area contributed by atoms with Crippen LogP contribution in [-0.2, 0) is 6.42 Å². The summed E-state index contributed by atoms with van der Waals surface area (Å²) in [6.07, 6.45) is 0.455. The van der Waals surface area contributed by atoms with Crippen molar-refractivity contribution in [1.82, 2.24) is 10.2 Å². The molecule has 6 nitrogen and oxygen atoms in total. The molecule has 6 heteroatoms. The monoisotopic (exact) mass is 227 g/mol. The Bertz CT molecular complexity index is 596. The van der Waals surface area contributed by atoms with E-state index in [0.717, 1.165) is 5.56 Å². The Morgan fingerprint density at radius 1 is 1.53 bits per heavy atom. The number of nitrogens with two attached hydrogens (primary N) is 1. The first-order valence-electron chi connectivity index (χ1n) is 4.89. The fraction of sp³-hybridized carbons (Fsp3) is 0.0909. The summed E-state index contributed by atoms with van der Waals surface area (Å²) in [7, 11) is 0. The molecule has 0 aliphatic carbocycles. The highest BCUT2D eigenvalue weighted by molar-refractivity contribution is 5.52. The maximum Gasteiger partial charge on any atom is 0.163 e. The van der Waals surface area contributed by atoms with E-state index in [9.17, 15) is 4.91 Å². The zero-order valence-electron chi connectivity index (χ0n) is 8.84. The Kier molecular flexibility index (Phi) is 2.83. The Balaban J connectivity index is 2.31. The van der Waals surface area contributed by atoms with Crippen LogP contribution in [0.2, 0.25) is 0 Å². The number of H-pyrrole nitrogens is 1. The van der Waals surface area contributed by atoms with Gasteiger partial charge in [0.15, 0.2) is 5.82 Å². The zero-order chi connectivity index (χ0) is 12.3. The molecule has 0 saturated carbocycles. The number of hydrogen-bond donors (Lipinski definition) is 2. The van der Waals surface area contributed by atoms with Crippen molar-refractivity contribution in [3.63, 3.8) is 0 Å². The average Bonchev–Trinajstić information content (AvgIpc) is 2.70. The molecule has 1 aromatic heterocycles. The van der Waals surface area contributed by atoms with E-state index in [-0.39, 0.29) is 5.82 Å². The van der Waals surface area contributed by atoms with Crippen molar-refractivity contribution < 1.29 is 0 Å². The van der Waals surface area contributed by atoms with Crippen molar-refractivity contribution in [2.75, 3.05) is 5.73 Å². The third-order valence-electron chi connectivity index (χ3n) is 2.38.